The second-order valence-electron chi connectivity index (χ2n) is 28.9. The second-order valence-corrected chi connectivity index (χ2v) is 30.8. The van der Waals surface area contributed by atoms with Gasteiger partial charge in [-0.15, -0.1) is 0 Å². The molecule has 0 bridgehead atoms. The third kappa shape index (κ3) is 21.5. The number of aromatic nitrogens is 14. The van der Waals surface area contributed by atoms with E-state index in [0.29, 0.717) is 69.8 Å². The molecule has 6 aliphatic rings. The molecule has 108 heavy (non-hydrogen) atoms. The Hall–Kier alpha value is -7.65. The average molecular weight is 1610 g/mol. The molecule has 0 aliphatic carbocycles. The van der Waals surface area contributed by atoms with Crippen LogP contribution in [0.3, 0.4) is 0 Å². The van der Waals surface area contributed by atoms with Crippen LogP contribution in [-0.4, -0.2) is 188 Å². The molecule has 33 nitrogen and oxygen atoms in total. The standard InChI is InChI=1S/C14H14N6O2.C12H24B2O4.C10H16BN3O2.C10H6ClN5O.C6H13BO3.C6H2Cl2N2O.C5H10O.C4H4BrN3/c15-13-16-7-9(8-17-13)11-12-10(1-4-22-12)18-14(19-11)20-2-5-21-6-3-20;1-9(2)10(3,4)16-13(15-9)14-17-11(5,6)12(7,8)18-14;1-9(2)10(3,4)16-11(15-9)7-5-13-8(12)14-6-7;11-9-15-6-1-2-17-8(6)7(16-9)5-3-13-10(12)14-4-5;1-5(2)6(3,4)10-7(8)9-5;7-5-4-3(1-2-11-4)9-6(8)10-5;1-2-4-6-5-3-1;5-3-1-7-4(6)8-2-3/h1,4,7-8H,2-3,5-6H2,(H2,15,16,17);1-8H3;5-6H,1-4H3,(H2,12,13,14);1-4H,(H2,12,13,14);8H,1-4H3;1-2H;1-5H2;1-2H,(H2,6,7,8). The predicted octanol–water partition coefficient (Wildman–Crippen LogP) is 10.7. The Morgan fingerprint density at radius 1 is 0.407 bits per heavy atom. The number of halogens is 4. The fourth-order valence-corrected chi connectivity index (χ4v) is 10.8. The van der Waals surface area contributed by atoms with Gasteiger partial charge in [-0.1, -0.05) is 11.6 Å². The molecule has 0 atom stereocenters. The molecule has 41 heteroatoms. The van der Waals surface area contributed by atoms with Gasteiger partial charge in [0, 0.05) is 111 Å². The van der Waals surface area contributed by atoms with E-state index in [1.165, 1.54) is 31.8 Å². The maximum Gasteiger partial charge on any atom is 0.637 e. The van der Waals surface area contributed by atoms with Gasteiger partial charge in [-0.3, -0.25) is 0 Å². The SMILES string of the molecule is C1CCOCC1.CC1(C)OB(B2OC(C)(C)C(C)(C)O2)OC1(C)C.CC1(C)OB(O)OC1(C)C.CC1(C)OB(c2cnc(N)nc2)OC1(C)C.Clc1nc(Cl)c2occc2n1.Nc1ncc(-c2nc(Cl)nc3ccoc23)cn1.Nc1ncc(-c2nc(N3CCOCC3)nc3ccoc23)cn1.Nc1ncc(Br)cn1. The van der Waals surface area contributed by atoms with Crippen LogP contribution in [0.25, 0.3) is 55.8 Å². The molecular formula is C67H89B4BrCl3N19O14. The summed E-state index contributed by atoms with van der Waals surface area (Å²) in [5.74, 6) is 1.63. The van der Waals surface area contributed by atoms with Gasteiger partial charge in [0.1, 0.15) is 27.9 Å². The normalized spacial score (nSPS) is 19.3. The van der Waals surface area contributed by atoms with Gasteiger partial charge < -0.3 is 92.8 Å². The lowest BCUT2D eigenvalue weighted by Crippen LogP contribution is -2.41. The number of nitrogens with two attached hydrogens (primary N) is 4. The lowest BCUT2D eigenvalue weighted by atomic mass is 9.49. The highest BCUT2D eigenvalue weighted by Gasteiger charge is 2.64. The molecule has 576 valence electrons. The first kappa shape index (κ1) is 84.4. The minimum atomic E-state index is -1.06. The Morgan fingerprint density at radius 2 is 0.750 bits per heavy atom. The zero-order chi connectivity index (χ0) is 78.8. The van der Waals surface area contributed by atoms with Gasteiger partial charge in [-0.2, -0.15) is 0 Å². The molecule has 16 rings (SSSR count). The van der Waals surface area contributed by atoms with Crippen molar-refractivity contribution in [2.45, 2.75) is 175 Å². The zero-order valence-electron chi connectivity index (χ0n) is 63.0. The number of fused-ring (bicyclic) bond motifs is 3. The van der Waals surface area contributed by atoms with Gasteiger partial charge >= 0.3 is 28.5 Å². The first-order chi connectivity index (χ1) is 50.7. The topological polar surface area (TPSA) is 440 Å². The van der Waals surface area contributed by atoms with Crippen molar-refractivity contribution in [2.75, 3.05) is 67.4 Å². The van der Waals surface area contributed by atoms with E-state index in [1.807, 2.05) is 117 Å². The van der Waals surface area contributed by atoms with E-state index >= 15 is 0 Å². The summed E-state index contributed by atoms with van der Waals surface area (Å²) in [6.07, 6.45) is 21.4. The minimum Gasteiger partial charge on any atom is -0.460 e. The molecule has 0 radical (unpaired) electrons. The van der Waals surface area contributed by atoms with Crippen molar-refractivity contribution in [3.63, 3.8) is 0 Å². The van der Waals surface area contributed by atoms with Crippen LogP contribution in [0.2, 0.25) is 15.7 Å². The van der Waals surface area contributed by atoms with Crippen molar-refractivity contribution in [3.8, 4) is 22.5 Å². The fourth-order valence-electron chi connectivity index (χ4n) is 9.97. The number of morpholine rings is 1. The number of hydrogen-bond donors (Lipinski definition) is 5. The summed E-state index contributed by atoms with van der Waals surface area (Å²) >= 11 is 20.2. The van der Waals surface area contributed by atoms with Crippen LogP contribution in [0.5, 0.6) is 0 Å². The predicted molar refractivity (Wildman–Crippen MR) is 416 cm³/mol. The minimum absolute atomic E-state index is 0.129. The second kappa shape index (κ2) is 35.1. The lowest BCUT2D eigenvalue weighted by Gasteiger charge is -2.32. The van der Waals surface area contributed by atoms with Gasteiger partial charge in [0.05, 0.1) is 81.3 Å². The molecule has 9 N–H and O–H groups in total. The van der Waals surface area contributed by atoms with Crippen molar-refractivity contribution in [1.29, 1.82) is 0 Å². The summed E-state index contributed by atoms with van der Waals surface area (Å²) < 4.78 is 72.8. The number of furan rings is 3. The maximum atomic E-state index is 8.96. The fraction of sp³-hybridized carbons (Fsp3) is 0.493. The highest BCUT2D eigenvalue weighted by Crippen LogP contribution is 2.44. The van der Waals surface area contributed by atoms with E-state index in [0.717, 1.165) is 47.3 Å². The molecule has 6 fully saturated rings. The Labute approximate surface area is 650 Å². The van der Waals surface area contributed by atoms with E-state index in [-0.39, 0.29) is 67.2 Å². The summed E-state index contributed by atoms with van der Waals surface area (Å²) in [5.41, 5.74) is 25.7. The van der Waals surface area contributed by atoms with Gasteiger partial charge in [0.2, 0.25) is 40.3 Å². The summed E-state index contributed by atoms with van der Waals surface area (Å²) in [4.78, 5) is 58.1. The third-order valence-corrected chi connectivity index (χ3v) is 19.9. The third-order valence-electron chi connectivity index (χ3n) is 18.9. The highest BCUT2D eigenvalue weighted by molar-refractivity contribution is 9.10. The summed E-state index contributed by atoms with van der Waals surface area (Å²) in [6.45, 7) is 36.7. The van der Waals surface area contributed by atoms with Crippen molar-refractivity contribution < 1.29 is 65.0 Å². The van der Waals surface area contributed by atoms with Gasteiger partial charge in [-0.05, 0) is 169 Å². The van der Waals surface area contributed by atoms with Gasteiger partial charge in [0.25, 0.3) is 0 Å². The average Bonchev–Trinajstić information content (AvgIpc) is 1.59. The number of nitrogens with zero attached hydrogens (tertiary/aromatic N) is 15. The first-order valence-electron chi connectivity index (χ1n) is 34.4. The van der Waals surface area contributed by atoms with Crippen molar-refractivity contribution >= 4 is 148 Å². The molecule has 0 unspecified atom stereocenters. The molecule has 6 saturated heterocycles. The van der Waals surface area contributed by atoms with E-state index in [4.69, 9.17) is 123 Å². The van der Waals surface area contributed by atoms with Crippen LogP contribution in [0, 0.1) is 0 Å². The molecule has 0 aromatic carbocycles. The van der Waals surface area contributed by atoms with E-state index in [1.54, 1.807) is 68.0 Å². The van der Waals surface area contributed by atoms with Crippen LogP contribution in [0.15, 0.2) is 104 Å². The van der Waals surface area contributed by atoms with Crippen LogP contribution < -0.4 is 33.3 Å². The number of nitrogen functional groups attached to an aromatic ring is 4. The summed E-state index contributed by atoms with van der Waals surface area (Å²) in [7, 11) is -2.44. The van der Waals surface area contributed by atoms with Crippen LogP contribution in [0.1, 0.15) is 130 Å². The molecule has 0 saturated carbocycles. The number of ether oxygens (including phenoxy) is 2. The molecule has 6 aliphatic heterocycles. The highest BCUT2D eigenvalue weighted by atomic mass is 79.9. The van der Waals surface area contributed by atoms with Crippen molar-refractivity contribution in [1.82, 2.24) is 69.8 Å². The number of anilines is 5. The summed E-state index contributed by atoms with van der Waals surface area (Å²) in [5, 5.41) is 9.47. The molecular weight excluding hydrogens is 1520 g/mol. The van der Waals surface area contributed by atoms with Crippen LogP contribution in [-0.2, 0) is 46.7 Å². The monoisotopic (exact) mass is 1610 g/mol. The molecule has 0 spiro atoms. The smallest absolute Gasteiger partial charge is 0.460 e. The van der Waals surface area contributed by atoms with E-state index in [2.05, 4.69) is 90.6 Å². The summed E-state index contributed by atoms with van der Waals surface area (Å²) in [6, 6.07) is 5.21. The van der Waals surface area contributed by atoms with Crippen LogP contribution in [0.4, 0.5) is 29.7 Å². The van der Waals surface area contributed by atoms with Crippen molar-refractivity contribution in [2.24, 2.45) is 0 Å². The Bertz CT molecular complexity index is 4440. The Kier molecular flexibility index (Phi) is 27.5. The van der Waals surface area contributed by atoms with Crippen LogP contribution >= 0.6 is 50.7 Å². The molecule has 16 heterocycles. The Morgan fingerprint density at radius 3 is 1.13 bits per heavy atom. The molecule has 0 amide bonds. The lowest BCUT2D eigenvalue weighted by molar-refractivity contribution is 0.00578. The van der Waals surface area contributed by atoms with E-state index < -0.39 is 39.7 Å². The number of rotatable bonds is 5. The zero-order valence-corrected chi connectivity index (χ0v) is 66.9. The van der Waals surface area contributed by atoms with Crippen molar-refractivity contribution in [3.05, 3.63) is 107 Å². The molecule has 10 aromatic rings. The Balaban J connectivity index is 0.000000146. The largest absolute Gasteiger partial charge is 0.637 e. The molecule has 10 aromatic heterocycles. The maximum absolute atomic E-state index is 8.96. The van der Waals surface area contributed by atoms with Gasteiger partial charge in [-0.25, -0.2) is 69.8 Å². The number of hydrogen-bond acceptors (Lipinski definition) is 33. The quantitative estimate of drug-likeness (QED) is 0.0607. The first-order valence-corrected chi connectivity index (χ1v) is 36.3. The van der Waals surface area contributed by atoms with E-state index in [9.17, 15) is 0 Å². The van der Waals surface area contributed by atoms with Gasteiger partial charge in [0.15, 0.2) is 21.9 Å².